The molecule has 50 heavy (non-hydrogen) atoms. The third-order valence-corrected chi connectivity index (χ3v) is 7.83. The number of carbonyl (C=O) groups excluding carboxylic acids is 5. The number of nitrogens with zero attached hydrogens (tertiary/aromatic N) is 1. The predicted octanol–water partition coefficient (Wildman–Crippen LogP) is -0.125. The van der Waals surface area contributed by atoms with Crippen LogP contribution in [-0.4, -0.2) is 105 Å². The number of nitrogens with two attached hydrogens (primary N) is 2. The molecular formula is C34H55N7O9. The van der Waals surface area contributed by atoms with Gasteiger partial charge in [-0.15, -0.1) is 0 Å². The number of hydrogen-bond acceptors (Lipinski definition) is 9. The summed E-state index contributed by atoms with van der Waals surface area (Å²) >= 11 is 0. The Morgan fingerprint density at radius 1 is 0.740 bits per heavy atom. The largest absolute Gasteiger partial charge is 0.481 e. The van der Waals surface area contributed by atoms with Gasteiger partial charge in [-0.1, -0.05) is 44.2 Å². The smallest absolute Gasteiger partial charge is 0.326 e. The molecule has 16 nitrogen and oxygen atoms in total. The maximum Gasteiger partial charge on any atom is 0.326 e. The van der Waals surface area contributed by atoms with Gasteiger partial charge in [-0.25, -0.2) is 4.79 Å². The molecule has 0 spiro atoms. The SMILES string of the molecule is CC(C)C[C@H](NC(=O)[C@H](Cc1ccccc1)NC(=O)[C@H](C)NC(=O)[C@H](CCCCN)N(C(=O)[C@H](C)NC(=O)[C@@H](N)CC(=O)O)C(C)C)C(=O)O. The van der Waals surface area contributed by atoms with Crippen molar-refractivity contribution in [1.82, 2.24) is 26.2 Å². The van der Waals surface area contributed by atoms with Crippen LogP contribution in [0.15, 0.2) is 30.3 Å². The monoisotopic (exact) mass is 705 g/mol. The van der Waals surface area contributed by atoms with Crippen LogP contribution in [0.5, 0.6) is 0 Å². The van der Waals surface area contributed by atoms with Crippen molar-refractivity contribution in [2.45, 2.75) is 122 Å². The van der Waals surface area contributed by atoms with E-state index in [-0.39, 0.29) is 25.2 Å². The second-order valence-corrected chi connectivity index (χ2v) is 13.1. The third-order valence-electron chi connectivity index (χ3n) is 7.83. The molecule has 280 valence electrons. The number of benzene rings is 1. The number of carbonyl (C=O) groups is 7. The molecule has 0 aliphatic heterocycles. The van der Waals surface area contributed by atoms with E-state index in [2.05, 4.69) is 21.3 Å². The summed E-state index contributed by atoms with van der Waals surface area (Å²) in [5, 5.41) is 28.8. The number of carboxylic acids is 2. The summed E-state index contributed by atoms with van der Waals surface area (Å²) in [7, 11) is 0. The molecule has 1 rings (SSSR count). The lowest BCUT2D eigenvalue weighted by atomic mass is 10.0. The normalized spacial score (nSPS) is 14.8. The molecule has 0 heterocycles. The summed E-state index contributed by atoms with van der Waals surface area (Å²) < 4.78 is 0. The van der Waals surface area contributed by atoms with Gasteiger partial charge < -0.3 is 47.8 Å². The number of hydrogen-bond donors (Lipinski definition) is 8. The van der Waals surface area contributed by atoms with Crippen LogP contribution in [0.3, 0.4) is 0 Å². The maximum absolute atomic E-state index is 13.8. The number of aliphatic carboxylic acids is 2. The van der Waals surface area contributed by atoms with Crippen molar-refractivity contribution in [3.63, 3.8) is 0 Å². The summed E-state index contributed by atoms with van der Waals surface area (Å²) in [6.07, 6.45) is 0.747. The second-order valence-electron chi connectivity index (χ2n) is 13.1. The molecule has 0 saturated heterocycles. The Balaban J connectivity index is 3.24. The first kappa shape index (κ1) is 43.5. The van der Waals surface area contributed by atoms with Gasteiger partial charge in [0.2, 0.25) is 29.5 Å². The zero-order valence-electron chi connectivity index (χ0n) is 29.8. The highest BCUT2D eigenvalue weighted by Crippen LogP contribution is 2.16. The van der Waals surface area contributed by atoms with Crippen LogP contribution in [0.25, 0.3) is 0 Å². The van der Waals surface area contributed by atoms with E-state index in [1.807, 2.05) is 13.8 Å². The van der Waals surface area contributed by atoms with Gasteiger partial charge in [0.05, 0.1) is 12.5 Å². The number of unbranched alkanes of at least 4 members (excludes halogenated alkanes) is 1. The number of carboxylic acid groups (broad SMARTS) is 2. The van der Waals surface area contributed by atoms with Crippen molar-refractivity contribution >= 4 is 41.5 Å². The Hall–Kier alpha value is -4.57. The fourth-order valence-corrected chi connectivity index (χ4v) is 5.23. The van der Waals surface area contributed by atoms with Crippen molar-refractivity contribution in [2.24, 2.45) is 17.4 Å². The predicted molar refractivity (Wildman–Crippen MR) is 185 cm³/mol. The molecular weight excluding hydrogens is 650 g/mol. The molecule has 0 radical (unpaired) electrons. The first-order valence-electron chi connectivity index (χ1n) is 16.9. The minimum atomic E-state index is -1.39. The molecule has 0 unspecified atom stereocenters. The van der Waals surface area contributed by atoms with Crippen molar-refractivity contribution < 1.29 is 43.8 Å². The van der Waals surface area contributed by atoms with E-state index in [0.29, 0.717) is 24.9 Å². The zero-order chi connectivity index (χ0) is 38.1. The summed E-state index contributed by atoms with van der Waals surface area (Å²) in [4.78, 5) is 90.8. The minimum absolute atomic E-state index is 0.0300. The van der Waals surface area contributed by atoms with Crippen LogP contribution in [0, 0.1) is 5.92 Å². The number of nitrogens with one attached hydrogen (secondary N) is 4. The average Bonchev–Trinajstić information content (AvgIpc) is 3.02. The van der Waals surface area contributed by atoms with E-state index in [1.54, 1.807) is 44.2 Å². The zero-order valence-corrected chi connectivity index (χ0v) is 29.8. The van der Waals surface area contributed by atoms with Gasteiger partial charge in [-0.2, -0.15) is 0 Å². The standard InChI is InChI=1S/C34H55N7O9/c1-19(2)16-26(34(49)50)40-31(46)25(17-23-12-8-7-9-13-23)39-29(44)21(5)37-32(47)27(14-10-11-15-35)41(20(3)4)33(48)22(6)38-30(45)24(36)18-28(42)43/h7-9,12-13,19-22,24-27H,10-11,14-18,35-36H2,1-6H3,(H,37,47)(H,38,45)(H,39,44)(H,40,46)(H,42,43)(H,49,50)/t21-,22-,24-,25-,26-,27-/m0/s1. The Labute approximate surface area is 293 Å². The van der Waals surface area contributed by atoms with Gasteiger partial charge in [-0.3, -0.25) is 28.8 Å². The Morgan fingerprint density at radius 2 is 1.32 bits per heavy atom. The highest BCUT2D eigenvalue weighted by Gasteiger charge is 2.36. The highest BCUT2D eigenvalue weighted by atomic mass is 16.4. The Morgan fingerprint density at radius 3 is 1.84 bits per heavy atom. The van der Waals surface area contributed by atoms with E-state index in [4.69, 9.17) is 16.6 Å². The van der Waals surface area contributed by atoms with Gasteiger partial charge in [0.25, 0.3) is 0 Å². The van der Waals surface area contributed by atoms with Gasteiger partial charge >= 0.3 is 11.9 Å². The topological polar surface area (TPSA) is 263 Å². The molecule has 0 aliphatic carbocycles. The number of amides is 5. The van der Waals surface area contributed by atoms with Crippen LogP contribution >= 0.6 is 0 Å². The van der Waals surface area contributed by atoms with Crippen LogP contribution in [0.2, 0.25) is 0 Å². The van der Waals surface area contributed by atoms with Crippen molar-refractivity contribution in [2.75, 3.05) is 6.54 Å². The molecule has 16 heteroatoms. The van der Waals surface area contributed by atoms with E-state index in [9.17, 15) is 38.7 Å². The molecule has 0 aliphatic rings. The summed E-state index contributed by atoms with van der Waals surface area (Å²) in [6.45, 7) is 10.1. The molecule has 5 amide bonds. The lowest BCUT2D eigenvalue weighted by Crippen LogP contribution is -2.60. The minimum Gasteiger partial charge on any atom is -0.481 e. The first-order chi connectivity index (χ1) is 23.4. The molecule has 10 N–H and O–H groups in total. The van der Waals surface area contributed by atoms with E-state index in [0.717, 1.165) is 0 Å². The molecule has 1 aromatic rings. The van der Waals surface area contributed by atoms with E-state index >= 15 is 0 Å². The van der Waals surface area contributed by atoms with Crippen molar-refractivity contribution in [1.29, 1.82) is 0 Å². The summed E-state index contributed by atoms with van der Waals surface area (Å²) in [6, 6.07) is 1.09. The van der Waals surface area contributed by atoms with Gasteiger partial charge in [0.1, 0.15) is 30.2 Å². The fraction of sp³-hybridized carbons (Fsp3) is 0.618. The average molecular weight is 706 g/mol. The van der Waals surface area contributed by atoms with Crippen molar-refractivity contribution in [3.05, 3.63) is 35.9 Å². The lowest BCUT2D eigenvalue weighted by Gasteiger charge is -2.37. The number of rotatable bonds is 22. The first-order valence-corrected chi connectivity index (χ1v) is 16.9. The summed E-state index contributed by atoms with van der Waals surface area (Å²) in [5.74, 6) is -6.09. The van der Waals surface area contributed by atoms with E-state index in [1.165, 1.54) is 18.7 Å². The van der Waals surface area contributed by atoms with Gasteiger partial charge in [0.15, 0.2) is 0 Å². The molecule has 0 bridgehead atoms. The molecule has 0 fully saturated rings. The van der Waals surface area contributed by atoms with Crippen LogP contribution in [-0.2, 0) is 40.0 Å². The van der Waals surface area contributed by atoms with Crippen molar-refractivity contribution in [3.8, 4) is 0 Å². The molecule has 6 atom stereocenters. The molecule has 1 aromatic carbocycles. The maximum atomic E-state index is 13.8. The molecule has 0 saturated carbocycles. The lowest BCUT2D eigenvalue weighted by molar-refractivity contribution is -0.146. The second kappa shape index (κ2) is 21.5. The third kappa shape index (κ3) is 14.9. The van der Waals surface area contributed by atoms with Gasteiger partial charge in [0, 0.05) is 12.5 Å². The summed E-state index contributed by atoms with van der Waals surface area (Å²) in [5.41, 5.74) is 12.0. The fourth-order valence-electron chi connectivity index (χ4n) is 5.23. The Kier molecular flexibility index (Phi) is 18.7. The quantitative estimate of drug-likeness (QED) is 0.0737. The highest BCUT2D eigenvalue weighted by molar-refractivity contribution is 5.96. The molecule has 0 aromatic heterocycles. The van der Waals surface area contributed by atoms with Gasteiger partial charge in [-0.05, 0) is 71.4 Å². The van der Waals surface area contributed by atoms with Crippen LogP contribution < -0.4 is 32.7 Å². The van der Waals surface area contributed by atoms with E-state index < -0.39 is 90.2 Å². The Bertz CT molecular complexity index is 1310. The van der Waals surface area contributed by atoms with Crippen LogP contribution in [0.4, 0.5) is 0 Å². The van der Waals surface area contributed by atoms with Crippen LogP contribution in [0.1, 0.15) is 79.2 Å².